The number of phenols is 1. The molecule has 3 aromatic rings. The average molecular weight is 482 g/mol. The van der Waals surface area contributed by atoms with E-state index in [1.807, 2.05) is 0 Å². The van der Waals surface area contributed by atoms with Gasteiger partial charge in [-0.3, -0.25) is 4.31 Å². The number of nitrogens with zero attached hydrogens (tertiary/aromatic N) is 3. The molecule has 0 atom stereocenters. The van der Waals surface area contributed by atoms with Gasteiger partial charge in [-0.1, -0.05) is 12.1 Å². The zero-order chi connectivity index (χ0) is 24.4. The number of nitrogens with one attached hydrogen (secondary N) is 2. The molecule has 1 heterocycles. The Morgan fingerprint density at radius 3 is 2.55 bits per heavy atom. The molecule has 13 heteroatoms. The molecule has 0 saturated carbocycles. The fraction of sp³-hybridized carbons (Fsp3) is 0.200. The Labute approximate surface area is 188 Å². The second-order valence-electron chi connectivity index (χ2n) is 7.11. The van der Waals surface area contributed by atoms with E-state index < -0.39 is 27.6 Å². The summed E-state index contributed by atoms with van der Waals surface area (Å²) in [5, 5.41) is 15.0. The number of aromatic nitrogens is 2. The predicted octanol–water partition coefficient (Wildman–Crippen LogP) is 3.53. The highest BCUT2D eigenvalue weighted by atomic mass is 32.2. The minimum absolute atomic E-state index is 0.0619. The van der Waals surface area contributed by atoms with Crippen LogP contribution in [0.5, 0.6) is 5.75 Å². The molecular weight excluding hydrogens is 461 g/mol. The van der Waals surface area contributed by atoms with Crippen LogP contribution >= 0.6 is 0 Å². The second-order valence-corrected chi connectivity index (χ2v) is 9.12. The topological polar surface area (TPSA) is 133 Å². The maximum Gasteiger partial charge on any atom is 0.421 e. The molecule has 0 aliphatic heterocycles. The smallest absolute Gasteiger partial charge is 0.421 e. The quantitative estimate of drug-likeness (QED) is 0.297. The van der Waals surface area contributed by atoms with Crippen LogP contribution < -0.4 is 20.7 Å². The van der Waals surface area contributed by atoms with E-state index in [0.717, 1.165) is 10.6 Å². The number of nitrogens with two attached hydrogens (primary N) is 1. The highest BCUT2D eigenvalue weighted by molar-refractivity contribution is 7.92. The molecule has 0 amide bonds. The zero-order valence-corrected chi connectivity index (χ0v) is 18.4. The number of anilines is 5. The van der Waals surface area contributed by atoms with Crippen LogP contribution in [0.15, 0.2) is 48.7 Å². The van der Waals surface area contributed by atoms with Gasteiger partial charge in [0.2, 0.25) is 16.0 Å². The standard InChI is InChI=1S/C20H21F3N6O3S/c1-29(33(2,31)32)14-5-3-4-12(8-14)10-25-18-15(20(21,22)23)11-26-19(28-18)27-13-6-7-16(24)17(30)9-13/h3-9,11,30H,10,24H2,1-2H3,(H2,25,26,27,28). The van der Waals surface area contributed by atoms with Crippen molar-refractivity contribution in [2.24, 2.45) is 0 Å². The van der Waals surface area contributed by atoms with Gasteiger partial charge in [0.25, 0.3) is 0 Å². The third-order valence-electron chi connectivity index (χ3n) is 4.61. The number of aromatic hydroxyl groups is 1. The maximum atomic E-state index is 13.5. The molecule has 0 bridgehead atoms. The van der Waals surface area contributed by atoms with Gasteiger partial charge >= 0.3 is 6.18 Å². The fourth-order valence-electron chi connectivity index (χ4n) is 2.77. The SMILES string of the molecule is CN(c1cccc(CNc2nc(Nc3ccc(N)c(O)c3)ncc2C(F)(F)F)c1)S(C)(=O)=O. The van der Waals surface area contributed by atoms with Crippen LogP contribution in [0.25, 0.3) is 0 Å². The van der Waals surface area contributed by atoms with Crippen molar-refractivity contribution in [1.29, 1.82) is 0 Å². The minimum atomic E-state index is -4.71. The molecule has 2 aromatic carbocycles. The normalized spacial score (nSPS) is 11.8. The van der Waals surface area contributed by atoms with Crippen LogP contribution in [0.3, 0.4) is 0 Å². The largest absolute Gasteiger partial charge is 0.506 e. The molecule has 0 aliphatic carbocycles. The van der Waals surface area contributed by atoms with Crippen molar-refractivity contribution in [3.8, 4) is 5.75 Å². The molecule has 0 fully saturated rings. The van der Waals surface area contributed by atoms with E-state index in [2.05, 4.69) is 20.6 Å². The number of hydrogen-bond donors (Lipinski definition) is 4. The highest BCUT2D eigenvalue weighted by Crippen LogP contribution is 2.34. The second kappa shape index (κ2) is 9.02. The van der Waals surface area contributed by atoms with Crippen molar-refractivity contribution in [2.45, 2.75) is 12.7 Å². The number of phenolic OH excluding ortho intramolecular Hbond substituents is 1. The summed E-state index contributed by atoms with van der Waals surface area (Å²) in [6.45, 7) is -0.0619. The molecule has 1 aromatic heterocycles. The Kier molecular flexibility index (Phi) is 6.53. The summed E-state index contributed by atoms with van der Waals surface area (Å²) in [6, 6.07) is 10.6. The lowest BCUT2D eigenvalue weighted by atomic mass is 10.2. The monoisotopic (exact) mass is 482 g/mol. The lowest BCUT2D eigenvalue weighted by molar-refractivity contribution is -0.137. The summed E-state index contributed by atoms with van der Waals surface area (Å²) in [5.74, 6) is -0.814. The summed E-state index contributed by atoms with van der Waals surface area (Å²) in [7, 11) is -2.12. The summed E-state index contributed by atoms with van der Waals surface area (Å²) < 4.78 is 65.0. The van der Waals surface area contributed by atoms with Crippen molar-refractivity contribution in [3.05, 3.63) is 59.8 Å². The molecule has 0 unspecified atom stereocenters. The van der Waals surface area contributed by atoms with Gasteiger partial charge in [0.1, 0.15) is 17.1 Å². The number of rotatable bonds is 7. The van der Waals surface area contributed by atoms with Crippen molar-refractivity contribution < 1.29 is 26.7 Å². The minimum Gasteiger partial charge on any atom is -0.506 e. The first-order chi connectivity index (χ1) is 15.3. The first-order valence-corrected chi connectivity index (χ1v) is 11.3. The molecule has 9 nitrogen and oxygen atoms in total. The van der Waals surface area contributed by atoms with Crippen LogP contribution in [-0.2, 0) is 22.7 Å². The molecule has 5 N–H and O–H groups in total. The molecule has 0 saturated heterocycles. The number of benzene rings is 2. The molecule has 3 rings (SSSR count). The van der Waals surface area contributed by atoms with Crippen molar-refractivity contribution in [3.63, 3.8) is 0 Å². The van der Waals surface area contributed by atoms with Crippen LogP contribution in [0.1, 0.15) is 11.1 Å². The molecule has 33 heavy (non-hydrogen) atoms. The van der Waals surface area contributed by atoms with Crippen LogP contribution in [-0.4, -0.2) is 36.8 Å². The summed E-state index contributed by atoms with van der Waals surface area (Å²) in [6.07, 6.45) is -3.02. The number of sulfonamides is 1. The number of halogens is 3. The summed E-state index contributed by atoms with van der Waals surface area (Å²) in [4.78, 5) is 7.63. The number of hydrogen-bond acceptors (Lipinski definition) is 8. The molecule has 0 aliphatic rings. The van der Waals surface area contributed by atoms with E-state index in [1.54, 1.807) is 24.3 Å². The fourth-order valence-corrected chi connectivity index (χ4v) is 3.27. The molecule has 0 spiro atoms. The third-order valence-corrected chi connectivity index (χ3v) is 5.82. The van der Waals surface area contributed by atoms with E-state index >= 15 is 0 Å². The van der Waals surface area contributed by atoms with Gasteiger partial charge in [0, 0.05) is 31.5 Å². The van der Waals surface area contributed by atoms with E-state index in [9.17, 15) is 26.7 Å². The Morgan fingerprint density at radius 2 is 1.91 bits per heavy atom. The summed E-state index contributed by atoms with van der Waals surface area (Å²) in [5.41, 5.74) is 5.83. The predicted molar refractivity (Wildman–Crippen MR) is 120 cm³/mol. The zero-order valence-electron chi connectivity index (χ0n) is 17.6. The van der Waals surface area contributed by atoms with Crippen molar-refractivity contribution in [2.75, 3.05) is 34.0 Å². The lowest BCUT2D eigenvalue weighted by Crippen LogP contribution is -2.24. The van der Waals surface area contributed by atoms with Crippen molar-refractivity contribution >= 4 is 38.9 Å². The molecular formula is C20H21F3N6O3S. The van der Waals surface area contributed by atoms with Gasteiger partial charge in [-0.25, -0.2) is 13.4 Å². The Hall–Kier alpha value is -3.74. The van der Waals surface area contributed by atoms with Crippen LogP contribution in [0, 0.1) is 0 Å². The van der Waals surface area contributed by atoms with E-state index in [-0.39, 0.29) is 23.9 Å². The maximum absolute atomic E-state index is 13.5. The summed E-state index contributed by atoms with van der Waals surface area (Å²) >= 11 is 0. The number of alkyl halides is 3. The van der Waals surface area contributed by atoms with Crippen LogP contribution in [0.2, 0.25) is 0 Å². The lowest BCUT2D eigenvalue weighted by Gasteiger charge is -2.18. The molecule has 0 radical (unpaired) electrons. The van der Waals surface area contributed by atoms with E-state index in [1.165, 1.54) is 25.2 Å². The van der Waals surface area contributed by atoms with Gasteiger partial charge in [0.05, 0.1) is 17.6 Å². The first kappa shape index (κ1) is 23.9. The van der Waals surface area contributed by atoms with Gasteiger partial charge < -0.3 is 21.5 Å². The van der Waals surface area contributed by atoms with Crippen molar-refractivity contribution in [1.82, 2.24) is 9.97 Å². The van der Waals surface area contributed by atoms with Gasteiger partial charge in [-0.05, 0) is 29.8 Å². The third kappa shape index (κ3) is 5.94. The van der Waals surface area contributed by atoms with Gasteiger partial charge in [-0.15, -0.1) is 0 Å². The van der Waals surface area contributed by atoms with E-state index in [0.29, 0.717) is 23.1 Å². The Morgan fingerprint density at radius 1 is 1.18 bits per heavy atom. The first-order valence-electron chi connectivity index (χ1n) is 9.41. The van der Waals surface area contributed by atoms with Gasteiger partial charge in [0.15, 0.2) is 0 Å². The van der Waals surface area contributed by atoms with Gasteiger partial charge in [-0.2, -0.15) is 18.2 Å². The average Bonchev–Trinajstić information content (AvgIpc) is 2.73. The molecule has 176 valence electrons. The van der Waals surface area contributed by atoms with E-state index in [4.69, 9.17) is 5.73 Å². The number of nitrogen functional groups attached to an aromatic ring is 1. The van der Waals surface area contributed by atoms with Crippen LogP contribution in [0.4, 0.5) is 42.0 Å². The Bertz CT molecular complexity index is 1270. The highest BCUT2D eigenvalue weighted by Gasteiger charge is 2.35. The Balaban J connectivity index is 1.86.